The molecule has 10 nitrogen and oxygen atoms in total. The van der Waals surface area contributed by atoms with Crippen LogP contribution < -0.4 is 5.32 Å². The van der Waals surface area contributed by atoms with Gasteiger partial charge in [-0.25, -0.2) is 4.98 Å². The smallest absolute Gasteiger partial charge is 0.319 e. The normalized spacial score (nSPS) is 11.4. The highest BCUT2D eigenvalue weighted by Gasteiger charge is 2.42. The summed E-state index contributed by atoms with van der Waals surface area (Å²) in [6, 6.07) is 11.2. The summed E-state index contributed by atoms with van der Waals surface area (Å²) in [5.74, 6) is -0.971. The van der Waals surface area contributed by atoms with Crippen LogP contribution in [-0.2, 0) is 13.2 Å². The van der Waals surface area contributed by atoms with Gasteiger partial charge in [-0.15, -0.1) is 4.80 Å². The highest BCUT2D eigenvalue weighted by Crippen LogP contribution is 2.41. The molecule has 36 heavy (non-hydrogen) atoms. The summed E-state index contributed by atoms with van der Waals surface area (Å²) < 4.78 is 43.8. The van der Waals surface area contributed by atoms with E-state index < -0.39 is 29.0 Å². The first-order chi connectivity index (χ1) is 17.3. The second-order valence-corrected chi connectivity index (χ2v) is 7.55. The van der Waals surface area contributed by atoms with Crippen molar-refractivity contribution in [2.24, 2.45) is 7.05 Å². The number of aromatic nitrogens is 7. The van der Waals surface area contributed by atoms with Crippen LogP contribution in [0.4, 0.5) is 18.9 Å². The third-order valence-electron chi connectivity index (χ3n) is 5.30. The number of pyridine rings is 2. The number of halogens is 3. The molecule has 0 saturated carbocycles. The van der Waals surface area contributed by atoms with Crippen LogP contribution in [0.5, 0.6) is 0 Å². The topological polar surface area (TPSA) is 127 Å². The van der Waals surface area contributed by atoms with E-state index in [-0.39, 0.29) is 22.6 Å². The molecule has 4 heterocycles. The van der Waals surface area contributed by atoms with Crippen molar-refractivity contribution in [1.29, 1.82) is 5.26 Å². The number of alkyl halides is 3. The lowest BCUT2D eigenvalue weighted by atomic mass is 10.0. The number of amides is 1. The average molecular weight is 489 g/mol. The van der Waals surface area contributed by atoms with Crippen molar-refractivity contribution in [3.05, 3.63) is 78.0 Å². The molecule has 0 aliphatic carbocycles. The van der Waals surface area contributed by atoms with Gasteiger partial charge in [0.05, 0.1) is 29.8 Å². The van der Waals surface area contributed by atoms with Gasteiger partial charge in [0.15, 0.2) is 5.82 Å². The van der Waals surface area contributed by atoms with Crippen LogP contribution in [0.1, 0.15) is 21.6 Å². The van der Waals surface area contributed by atoms with Gasteiger partial charge in [-0.05, 0) is 18.2 Å². The fraction of sp³-hybridized carbons (Fsp3) is 0.0870. The molecule has 0 fully saturated rings. The highest BCUT2D eigenvalue weighted by molar-refractivity contribution is 6.06. The Bertz CT molecular complexity index is 1640. The van der Waals surface area contributed by atoms with Gasteiger partial charge in [-0.1, -0.05) is 18.2 Å². The Balaban J connectivity index is 1.58. The van der Waals surface area contributed by atoms with E-state index in [1.54, 1.807) is 24.3 Å². The molecule has 0 atom stereocenters. The summed E-state index contributed by atoms with van der Waals surface area (Å²) in [6.45, 7) is 0. The predicted molar refractivity (Wildman–Crippen MR) is 121 cm³/mol. The van der Waals surface area contributed by atoms with Crippen LogP contribution >= 0.6 is 0 Å². The molecule has 1 N–H and O–H groups in total. The Kier molecular flexibility index (Phi) is 5.40. The number of nitriles is 1. The largest absolute Gasteiger partial charge is 0.420 e. The molecular weight excluding hydrogens is 475 g/mol. The van der Waals surface area contributed by atoms with Gasteiger partial charge in [-0.3, -0.25) is 14.5 Å². The van der Waals surface area contributed by atoms with E-state index in [0.717, 1.165) is 9.48 Å². The van der Waals surface area contributed by atoms with Crippen LogP contribution in [0.3, 0.4) is 0 Å². The molecule has 5 rings (SSSR count). The van der Waals surface area contributed by atoms with Gasteiger partial charge in [0, 0.05) is 24.2 Å². The van der Waals surface area contributed by atoms with Crippen LogP contribution in [-0.4, -0.2) is 40.6 Å². The monoisotopic (exact) mass is 489 g/mol. The van der Waals surface area contributed by atoms with Crippen molar-refractivity contribution in [2.75, 3.05) is 5.32 Å². The number of rotatable bonds is 4. The quantitative estimate of drug-likeness (QED) is 0.407. The molecule has 13 heteroatoms. The maximum Gasteiger partial charge on any atom is 0.420 e. The molecule has 0 radical (unpaired) electrons. The Morgan fingerprint density at radius 3 is 2.58 bits per heavy atom. The summed E-state index contributed by atoms with van der Waals surface area (Å²) in [5, 5.41) is 24.2. The molecule has 0 saturated heterocycles. The lowest BCUT2D eigenvalue weighted by molar-refractivity contribution is -0.137. The number of benzene rings is 1. The van der Waals surface area contributed by atoms with Crippen molar-refractivity contribution in [2.45, 2.75) is 6.18 Å². The van der Waals surface area contributed by atoms with Gasteiger partial charge < -0.3 is 5.32 Å². The van der Waals surface area contributed by atoms with Crippen molar-refractivity contribution >= 4 is 22.5 Å². The molecule has 178 valence electrons. The van der Waals surface area contributed by atoms with E-state index >= 15 is 0 Å². The fourth-order valence-electron chi connectivity index (χ4n) is 3.83. The van der Waals surface area contributed by atoms with Crippen molar-refractivity contribution in [3.63, 3.8) is 0 Å². The highest BCUT2D eigenvalue weighted by atomic mass is 19.4. The van der Waals surface area contributed by atoms with Crippen LogP contribution in [0.15, 0.2) is 61.2 Å². The van der Waals surface area contributed by atoms with Crippen LogP contribution in [0.2, 0.25) is 0 Å². The van der Waals surface area contributed by atoms with E-state index in [2.05, 4.69) is 30.6 Å². The minimum atomic E-state index is -4.90. The van der Waals surface area contributed by atoms with Gasteiger partial charge in [0.25, 0.3) is 5.91 Å². The van der Waals surface area contributed by atoms with E-state index in [1.165, 1.54) is 44.0 Å². The first-order valence-corrected chi connectivity index (χ1v) is 10.3. The molecule has 4 aromatic heterocycles. The van der Waals surface area contributed by atoms with Crippen molar-refractivity contribution < 1.29 is 18.0 Å². The SMILES string of the molecule is Cn1nc(-c2cccc3ncccc23)c(C(F)(F)F)c1C(=O)Nc1cnc(-n2nccn2)c(C#N)c1. The first-order valence-electron chi connectivity index (χ1n) is 10.3. The van der Waals surface area contributed by atoms with Gasteiger partial charge in [0.1, 0.15) is 28.6 Å². The van der Waals surface area contributed by atoms with Crippen molar-refractivity contribution in [1.82, 2.24) is 34.7 Å². The minimum Gasteiger partial charge on any atom is -0.319 e. The van der Waals surface area contributed by atoms with Crippen LogP contribution in [0, 0.1) is 11.3 Å². The van der Waals surface area contributed by atoms with Crippen LogP contribution in [0.25, 0.3) is 28.0 Å². The summed E-state index contributed by atoms with van der Waals surface area (Å²) in [4.78, 5) is 22.5. The number of nitrogens with one attached hydrogen (secondary N) is 1. The lowest BCUT2D eigenvalue weighted by Gasteiger charge is -2.12. The first kappa shape index (κ1) is 22.7. The molecule has 0 unspecified atom stereocenters. The number of nitrogens with zero attached hydrogens (tertiary/aromatic N) is 8. The maximum absolute atomic E-state index is 14.3. The number of aryl methyl sites for hydroxylation is 1. The van der Waals surface area contributed by atoms with Gasteiger partial charge in [-0.2, -0.15) is 33.7 Å². The standard InChI is InChI=1S/C23H14F3N9O/c1-34-20(22(36)32-14-10-13(11-27)21(29-12-14)35-30-8-9-31-35)18(23(24,25)26)19(33-34)16-4-2-6-17-15(16)5-3-7-28-17/h2-10,12H,1H3,(H,32,36). The Hall–Kier alpha value is -5.12. The zero-order chi connectivity index (χ0) is 25.4. The van der Waals surface area contributed by atoms with Gasteiger partial charge >= 0.3 is 6.18 Å². The molecule has 0 bridgehead atoms. The van der Waals surface area contributed by atoms with Gasteiger partial charge in [0.2, 0.25) is 0 Å². The summed E-state index contributed by atoms with van der Waals surface area (Å²) in [6.07, 6.45) is 0.613. The molecular formula is C23H14F3N9O. The number of carbonyl (C=O) groups excluding carboxylic acids is 1. The molecule has 1 aromatic carbocycles. The zero-order valence-electron chi connectivity index (χ0n) is 18.4. The summed E-state index contributed by atoms with van der Waals surface area (Å²) >= 11 is 0. The third kappa shape index (κ3) is 3.90. The molecule has 0 spiro atoms. The number of fused-ring (bicyclic) bond motifs is 1. The Morgan fingerprint density at radius 2 is 1.86 bits per heavy atom. The Labute approximate surface area is 200 Å². The molecule has 5 aromatic rings. The second kappa shape index (κ2) is 8.58. The van der Waals surface area contributed by atoms with E-state index in [1.807, 2.05) is 6.07 Å². The molecule has 1 amide bonds. The fourth-order valence-corrected chi connectivity index (χ4v) is 3.83. The number of anilines is 1. The maximum atomic E-state index is 14.3. The van der Waals surface area contributed by atoms with E-state index in [0.29, 0.717) is 10.9 Å². The van der Waals surface area contributed by atoms with E-state index in [9.17, 15) is 23.2 Å². The zero-order valence-corrected chi connectivity index (χ0v) is 18.4. The average Bonchev–Trinajstić information content (AvgIpc) is 3.51. The van der Waals surface area contributed by atoms with Crippen molar-refractivity contribution in [3.8, 4) is 23.1 Å². The Morgan fingerprint density at radius 1 is 1.08 bits per heavy atom. The summed E-state index contributed by atoms with van der Waals surface area (Å²) in [7, 11) is 1.25. The predicted octanol–water partition coefficient (Wildman–Crippen LogP) is 3.75. The molecule has 0 aliphatic rings. The molecule has 0 aliphatic heterocycles. The number of hydrogen-bond acceptors (Lipinski definition) is 7. The number of hydrogen-bond donors (Lipinski definition) is 1. The minimum absolute atomic E-state index is 0.00833. The number of carbonyl (C=O) groups is 1. The summed E-state index contributed by atoms with van der Waals surface area (Å²) in [5.41, 5.74) is -1.59. The van der Waals surface area contributed by atoms with E-state index in [4.69, 9.17) is 0 Å². The third-order valence-corrected chi connectivity index (χ3v) is 5.30. The second-order valence-electron chi connectivity index (χ2n) is 7.55. The lowest BCUT2D eigenvalue weighted by Crippen LogP contribution is -2.21.